The van der Waals surface area contributed by atoms with E-state index < -0.39 is 0 Å². The number of piperazine rings is 1. The third-order valence-corrected chi connectivity index (χ3v) is 4.62. The third kappa shape index (κ3) is 3.86. The maximum atomic E-state index is 12.3. The van der Waals surface area contributed by atoms with Gasteiger partial charge in [-0.2, -0.15) is 0 Å². The van der Waals surface area contributed by atoms with Gasteiger partial charge in [0.05, 0.1) is 0 Å². The summed E-state index contributed by atoms with van der Waals surface area (Å²) in [6.45, 7) is 8.38. The molecular formula is C14H27ClN2O. The molecule has 1 atom stereocenters. The zero-order chi connectivity index (χ0) is 12.3. The number of halogens is 1. The summed E-state index contributed by atoms with van der Waals surface area (Å²) in [4.78, 5) is 14.3. The van der Waals surface area contributed by atoms with Gasteiger partial charge in [0.1, 0.15) is 0 Å². The van der Waals surface area contributed by atoms with Crippen LogP contribution in [0.15, 0.2) is 0 Å². The van der Waals surface area contributed by atoms with Gasteiger partial charge in [-0.05, 0) is 24.2 Å². The summed E-state index contributed by atoms with van der Waals surface area (Å²) in [5, 5.41) is 3.30. The number of hydrogen-bond donors (Lipinski definition) is 1. The summed E-state index contributed by atoms with van der Waals surface area (Å²) < 4.78 is 0. The van der Waals surface area contributed by atoms with E-state index in [-0.39, 0.29) is 12.4 Å². The van der Waals surface area contributed by atoms with Gasteiger partial charge in [-0.1, -0.05) is 26.7 Å². The van der Waals surface area contributed by atoms with Gasteiger partial charge < -0.3 is 10.2 Å². The lowest BCUT2D eigenvalue weighted by Crippen LogP contribution is -2.47. The smallest absolute Gasteiger partial charge is 0.222 e. The molecule has 1 aliphatic heterocycles. The summed E-state index contributed by atoms with van der Waals surface area (Å²) in [5.41, 5.74) is 0.363. The van der Waals surface area contributed by atoms with Crippen molar-refractivity contribution in [1.29, 1.82) is 0 Å². The molecule has 3 nitrogen and oxygen atoms in total. The Balaban J connectivity index is 0.00000162. The van der Waals surface area contributed by atoms with Gasteiger partial charge in [-0.15, -0.1) is 12.4 Å². The minimum atomic E-state index is 0. The van der Waals surface area contributed by atoms with E-state index >= 15 is 0 Å². The van der Waals surface area contributed by atoms with Crippen LogP contribution in [0.25, 0.3) is 0 Å². The first kappa shape index (κ1) is 15.8. The van der Waals surface area contributed by atoms with Crippen LogP contribution in [0.3, 0.4) is 0 Å². The Hall–Kier alpha value is -0.280. The normalized spacial score (nSPS) is 27.4. The average molecular weight is 275 g/mol. The molecule has 106 valence electrons. The molecule has 1 heterocycles. The quantitative estimate of drug-likeness (QED) is 0.839. The van der Waals surface area contributed by atoms with Gasteiger partial charge in [0, 0.05) is 32.6 Å². The first-order valence-electron chi connectivity index (χ1n) is 7.08. The Morgan fingerprint density at radius 2 is 1.94 bits per heavy atom. The lowest BCUT2D eigenvalue weighted by atomic mass is 9.67. The van der Waals surface area contributed by atoms with Crippen molar-refractivity contribution in [1.82, 2.24) is 10.2 Å². The van der Waals surface area contributed by atoms with Crippen LogP contribution < -0.4 is 5.32 Å². The molecule has 0 aromatic heterocycles. The molecule has 0 bridgehead atoms. The average Bonchev–Trinajstić information content (AvgIpc) is 2.33. The predicted octanol–water partition coefficient (Wildman–Crippen LogP) is 2.45. The zero-order valence-electron chi connectivity index (χ0n) is 11.7. The van der Waals surface area contributed by atoms with Crippen LogP contribution in [0.5, 0.6) is 0 Å². The maximum absolute atomic E-state index is 12.3. The van der Waals surface area contributed by atoms with Crippen molar-refractivity contribution in [2.24, 2.45) is 11.3 Å². The second-order valence-electron chi connectivity index (χ2n) is 6.27. The minimum absolute atomic E-state index is 0. The Labute approximate surface area is 117 Å². The van der Waals surface area contributed by atoms with Crippen LogP contribution in [-0.2, 0) is 4.79 Å². The lowest BCUT2D eigenvalue weighted by molar-refractivity contribution is -0.134. The van der Waals surface area contributed by atoms with Crippen molar-refractivity contribution >= 4 is 18.3 Å². The lowest BCUT2D eigenvalue weighted by Gasteiger charge is -2.39. The number of nitrogens with one attached hydrogen (secondary N) is 1. The molecule has 1 amide bonds. The van der Waals surface area contributed by atoms with Crippen LogP contribution in [0.4, 0.5) is 0 Å². The number of amides is 1. The molecule has 1 N–H and O–H groups in total. The zero-order valence-corrected chi connectivity index (χ0v) is 12.5. The molecule has 0 aromatic rings. The Morgan fingerprint density at radius 3 is 2.56 bits per heavy atom. The number of rotatable bonds is 2. The van der Waals surface area contributed by atoms with E-state index in [1.807, 2.05) is 4.90 Å². The van der Waals surface area contributed by atoms with Crippen LogP contribution in [0, 0.1) is 11.3 Å². The van der Waals surface area contributed by atoms with Gasteiger partial charge in [-0.25, -0.2) is 0 Å². The molecule has 0 aromatic carbocycles. The van der Waals surface area contributed by atoms with E-state index in [9.17, 15) is 4.79 Å². The molecule has 2 aliphatic rings. The van der Waals surface area contributed by atoms with Crippen molar-refractivity contribution in [3.8, 4) is 0 Å². The van der Waals surface area contributed by atoms with E-state index in [0.29, 0.717) is 17.2 Å². The van der Waals surface area contributed by atoms with Crippen LogP contribution in [0.1, 0.15) is 46.0 Å². The highest BCUT2D eigenvalue weighted by atomic mass is 35.5. The Morgan fingerprint density at radius 1 is 1.28 bits per heavy atom. The van der Waals surface area contributed by atoms with E-state index in [1.54, 1.807) is 0 Å². The summed E-state index contributed by atoms with van der Waals surface area (Å²) in [7, 11) is 0. The molecule has 1 saturated heterocycles. The van der Waals surface area contributed by atoms with E-state index in [0.717, 1.165) is 32.6 Å². The fourth-order valence-corrected chi connectivity index (χ4v) is 3.20. The standard InChI is InChI=1S/C14H26N2O.ClH/c1-14(2)6-4-3-5-12(14)11-13(17)16-9-7-15-8-10-16;/h12,15H,3-11H2,1-2H3;1H. The number of nitrogens with zero attached hydrogens (tertiary/aromatic N) is 1. The highest BCUT2D eigenvalue weighted by Crippen LogP contribution is 2.42. The van der Waals surface area contributed by atoms with E-state index in [4.69, 9.17) is 0 Å². The first-order chi connectivity index (χ1) is 8.09. The van der Waals surface area contributed by atoms with Gasteiger partial charge in [0.2, 0.25) is 5.91 Å². The molecule has 0 spiro atoms. The Kier molecular flexibility index (Phi) is 5.93. The predicted molar refractivity (Wildman–Crippen MR) is 77.1 cm³/mol. The molecule has 1 aliphatic carbocycles. The molecule has 18 heavy (non-hydrogen) atoms. The van der Waals surface area contributed by atoms with Gasteiger partial charge in [-0.3, -0.25) is 4.79 Å². The summed E-state index contributed by atoms with van der Waals surface area (Å²) >= 11 is 0. The molecule has 1 unspecified atom stereocenters. The highest BCUT2D eigenvalue weighted by molar-refractivity contribution is 5.85. The third-order valence-electron chi connectivity index (χ3n) is 4.62. The van der Waals surface area contributed by atoms with Crippen LogP contribution in [0.2, 0.25) is 0 Å². The van der Waals surface area contributed by atoms with Gasteiger partial charge in [0.25, 0.3) is 0 Å². The number of carbonyl (C=O) groups excluding carboxylic acids is 1. The minimum Gasteiger partial charge on any atom is -0.340 e. The topological polar surface area (TPSA) is 32.3 Å². The first-order valence-corrected chi connectivity index (χ1v) is 7.08. The molecule has 2 rings (SSSR count). The molecule has 4 heteroatoms. The van der Waals surface area contributed by atoms with Gasteiger partial charge >= 0.3 is 0 Å². The summed E-state index contributed by atoms with van der Waals surface area (Å²) in [6, 6.07) is 0. The molecule has 2 fully saturated rings. The van der Waals surface area contributed by atoms with Gasteiger partial charge in [0.15, 0.2) is 0 Å². The fourth-order valence-electron chi connectivity index (χ4n) is 3.20. The number of hydrogen-bond acceptors (Lipinski definition) is 2. The van der Waals surface area contributed by atoms with Crippen molar-refractivity contribution in [3.63, 3.8) is 0 Å². The van der Waals surface area contributed by atoms with Crippen molar-refractivity contribution < 1.29 is 4.79 Å². The second kappa shape index (κ2) is 6.76. The largest absolute Gasteiger partial charge is 0.340 e. The van der Waals surface area contributed by atoms with E-state index in [2.05, 4.69) is 19.2 Å². The summed E-state index contributed by atoms with van der Waals surface area (Å²) in [5.74, 6) is 0.977. The second-order valence-corrected chi connectivity index (χ2v) is 6.27. The SMILES string of the molecule is CC1(C)CCCCC1CC(=O)N1CCNCC1.Cl. The van der Waals surface area contributed by atoms with Crippen LogP contribution in [-0.4, -0.2) is 37.0 Å². The Bertz CT molecular complexity index is 275. The number of carbonyl (C=O) groups is 1. The van der Waals surface area contributed by atoms with E-state index in [1.165, 1.54) is 25.7 Å². The highest BCUT2D eigenvalue weighted by Gasteiger charge is 2.34. The van der Waals surface area contributed by atoms with Crippen molar-refractivity contribution in [3.05, 3.63) is 0 Å². The maximum Gasteiger partial charge on any atom is 0.222 e. The molecule has 1 saturated carbocycles. The fraction of sp³-hybridized carbons (Fsp3) is 0.929. The molecular weight excluding hydrogens is 248 g/mol. The summed E-state index contributed by atoms with van der Waals surface area (Å²) in [6.07, 6.45) is 5.94. The molecule has 0 radical (unpaired) electrons. The van der Waals surface area contributed by atoms with Crippen molar-refractivity contribution in [2.75, 3.05) is 26.2 Å². The van der Waals surface area contributed by atoms with Crippen LogP contribution >= 0.6 is 12.4 Å². The van der Waals surface area contributed by atoms with Crippen molar-refractivity contribution in [2.45, 2.75) is 46.0 Å². The monoisotopic (exact) mass is 274 g/mol.